The fourth-order valence-electron chi connectivity index (χ4n) is 1.12. The van der Waals surface area contributed by atoms with E-state index in [0.717, 1.165) is 0 Å². The van der Waals surface area contributed by atoms with Crippen molar-refractivity contribution in [3.8, 4) is 0 Å². The third-order valence-corrected chi connectivity index (χ3v) is 1.77. The number of esters is 1. The van der Waals surface area contributed by atoms with E-state index >= 15 is 0 Å². The fourth-order valence-corrected chi connectivity index (χ4v) is 1.12. The van der Waals surface area contributed by atoms with E-state index in [2.05, 4.69) is 0 Å². The SMILES string of the molecule is CCOC(=O)C([C]=O)c1ccccc1. The molecule has 3 nitrogen and oxygen atoms in total. The van der Waals surface area contributed by atoms with Gasteiger partial charge in [-0.15, -0.1) is 0 Å². The molecule has 1 aromatic rings. The number of rotatable bonds is 4. The molecule has 0 heterocycles. The first-order chi connectivity index (χ1) is 6.79. The van der Waals surface area contributed by atoms with Crippen LogP contribution in [0.25, 0.3) is 0 Å². The van der Waals surface area contributed by atoms with Gasteiger partial charge >= 0.3 is 5.97 Å². The minimum absolute atomic E-state index is 0.268. The van der Waals surface area contributed by atoms with Gasteiger partial charge in [0.15, 0.2) is 0 Å². The first-order valence-corrected chi connectivity index (χ1v) is 4.38. The van der Waals surface area contributed by atoms with Crippen LogP contribution in [0.1, 0.15) is 18.4 Å². The Balaban J connectivity index is 2.82. The van der Waals surface area contributed by atoms with E-state index in [9.17, 15) is 9.59 Å². The summed E-state index contributed by atoms with van der Waals surface area (Å²) < 4.78 is 4.75. The van der Waals surface area contributed by atoms with Gasteiger partial charge in [0.1, 0.15) is 5.92 Å². The highest BCUT2D eigenvalue weighted by Crippen LogP contribution is 2.14. The van der Waals surface area contributed by atoms with Crippen molar-refractivity contribution < 1.29 is 14.3 Å². The number of ether oxygens (including phenoxy) is 1. The highest BCUT2D eigenvalue weighted by atomic mass is 16.5. The zero-order chi connectivity index (χ0) is 10.4. The molecule has 0 amide bonds. The molecule has 1 atom stereocenters. The summed E-state index contributed by atoms with van der Waals surface area (Å²) in [5.74, 6) is -1.47. The molecule has 0 saturated heterocycles. The highest BCUT2D eigenvalue weighted by molar-refractivity contribution is 5.94. The van der Waals surface area contributed by atoms with Crippen LogP contribution in [0.3, 0.4) is 0 Å². The Morgan fingerprint density at radius 3 is 2.57 bits per heavy atom. The second kappa shape index (κ2) is 5.17. The lowest BCUT2D eigenvalue weighted by atomic mass is 10.0. The number of benzene rings is 1. The van der Waals surface area contributed by atoms with Crippen molar-refractivity contribution in [2.24, 2.45) is 0 Å². The first kappa shape index (κ1) is 10.4. The Hall–Kier alpha value is -1.64. The molecule has 0 aliphatic heterocycles. The van der Waals surface area contributed by atoms with Crippen LogP contribution in [0.15, 0.2) is 30.3 Å². The summed E-state index contributed by atoms with van der Waals surface area (Å²) in [7, 11) is 0. The van der Waals surface area contributed by atoms with Crippen LogP contribution < -0.4 is 0 Å². The summed E-state index contributed by atoms with van der Waals surface area (Å²) in [6.45, 7) is 1.97. The predicted molar refractivity (Wildman–Crippen MR) is 51.5 cm³/mol. The molecule has 0 bridgehead atoms. The molecule has 3 heteroatoms. The molecule has 0 aromatic heterocycles. The van der Waals surface area contributed by atoms with Crippen molar-refractivity contribution >= 4 is 12.3 Å². The zero-order valence-electron chi connectivity index (χ0n) is 7.90. The Morgan fingerprint density at radius 1 is 1.43 bits per heavy atom. The Labute approximate surface area is 82.7 Å². The molecule has 1 radical (unpaired) electrons. The van der Waals surface area contributed by atoms with Crippen LogP contribution in [0.2, 0.25) is 0 Å². The predicted octanol–water partition coefficient (Wildman–Crippen LogP) is 1.44. The highest BCUT2D eigenvalue weighted by Gasteiger charge is 2.21. The van der Waals surface area contributed by atoms with Gasteiger partial charge in [0, 0.05) is 0 Å². The molecule has 0 N–H and O–H groups in total. The molecule has 0 spiro atoms. The van der Waals surface area contributed by atoms with Crippen LogP contribution in [0.5, 0.6) is 0 Å². The molecular formula is C11H11O3. The summed E-state index contributed by atoms with van der Waals surface area (Å²) in [4.78, 5) is 21.9. The first-order valence-electron chi connectivity index (χ1n) is 4.38. The Kier molecular flexibility index (Phi) is 3.85. The molecule has 0 aliphatic carbocycles. The second-order valence-electron chi connectivity index (χ2n) is 2.71. The van der Waals surface area contributed by atoms with Crippen LogP contribution in [0.4, 0.5) is 0 Å². The topological polar surface area (TPSA) is 43.4 Å². The van der Waals surface area contributed by atoms with Crippen molar-refractivity contribution in [3.63, 3.8) is 0 Å². The van der Waals surface area contributed by atoms with Gasteiger partial charge in [-0.25, -0.2) is 0 Å². The van der Waals surface area contributed by atoms with Crippen molar-refractivity contribution in [1.29, 1.82) is 0 Å². The monoisotopic (exact) mass is 191 g/mol. The van der Waals surface area contributed by atoms with Gasteiger partial charge in [-0.05, 0) is 12.5 Å². The van der Waals surface area contributed by atoms with Crippen LogP contribution >= 0.6 is 0 Å². The minimum Gasteiger partial charge on any atom is -0.465 e. The van der Waals surface area contributed by atoms with E-state index in [4.69, 9.17) is 4.74 Å². The molecule has 14 heavy (non-hydrogen) atoms. The third kappa shape index (κ3) is 2.42. The number of hydrogen-bond donors (Lipinski definition) is 0. The van der Waals surface area contributed by atoms with Gasteiger partial charge in [0.2, 0.25) is 6.29 Å². The Morgan fingerprint density at radius 2 is 2.07 bits per heavy atom. The minimum atomic E-state index is -0.920. The molecule has 0 aliphatic rings. The molecular weight excluding hydrogens is 180 g/mol. The van der Waals surface area contributed by atoms with Crippen molar-refractivity contribution in [1.82, 2.24) is 0 Å². The smallest absolute Gasteiger partial charge is 0.321 e. The largest absolute Gasteiger partial charge is 0.465 e. The summed E-state index contributed by atoms with van der Waals surface area (Å²) in [6, 6.07) is 8.74. The molecule has 1 aromatic carbocycles. The van der Waals surface area contributed by atoms with Gasteiger partial charge in [0.25, 0.3) is 0 Å². The summed E-state index contributed by atoms with van der Waals surface area (Å²) in [5, 5.41) is 0. The molecule has 1 unspecified atom stereocenters. The average Bonchev–Trinajstić information content (AvgIpc) is 2.21. The van der Waals surface area contributed by atoms with E-state index in [1.807, 2.05) is 6.07 Å². The number of carbonyl (C=O) groups is 1. The number of carbonyl (C=O) groups excluding carboxylic acids is 2. The third-order valence-electron chi connectivity index (χ3n) is 1.77. The van der Waals surface area contributed by atoms with E-state index in [0.29, 0.717) is 5.56 Å². The summed E-state index contributed by atoms with van der Waals surface area (Å²) in [5.41, 5.74) is 0.612. The van der Waals surface area contributed by atoms with E-state index in [-0.39, 0.29) is 6.61 Å². The zero-order valence-corrected chi connectivity index (χ0v) is 7.90. The normalized spacial score (nSPS) is 11.8. The summed E-state index contributed by atoms with van der Waals surface area (Å²) in [6.07, 6.45) is 1.68. The van der Waals surface area contributed by atoms with Crippen LogP contribution in [-0.4, -0.2) is 18.9 Å². The maximum Gasteiger partial charge on any atom is 0.321 e. The maximum absolute atomic E-state index is 11.3. The molecule has 0 fully saturated rings. The average molecular weight is 191 g/mol. The maximum atomic E-state index is 11.3. The number of hydrogen-bond acceptors (Lipinski definition) is 3. The lowest BCUT2D eigenvalue weighted by Crippen LogP contribution is -2.16. The van der Waals surface area contributed by atoms with Crippen LogP contribution in [-0.2, 0) is 14.3 Å². The van der Waals surface area contributed by atoms with E-state index in [1.165, 1.54) is 0 Å². The van der Waals surface area contributed by atoms with Gasteiger partial charge in [-0.3, -0.25) is 9.59 Å². The van der Waals surface area contributed by atoms with Gasteiger partial charge in [-0.1, -0.05) is 30.3 Å². The van der Waals surface area contributed by atoms with Crippen LogP contribution in [0, 0.1) is 0 Å². The molecule has 1 rings (SSSR count). The van der Waals surface area contributed by atoms with E-state index < -0.39 is 11.9 Å². The van der Waals surface area contributed by atoms with Crippen molar-refractivity contribution in [2.75, 3.05) is 6.61 Å². The lowest BCUT2D eigenvalue weighted by molar-refractivity contribution is -0.143. The standard InChI is InChI=1S/C11H11O3/c1-2-14-11(13)10(8-12)9-6-4-3-5-7-9/h3-7,10H,2H2,1H3. The second-order valence-corrected chi connectivity index (χ2v) is 2.71. The van der Waals surface area contributed by atoms with Gasteiger partial charge in [0.05, 0.1) is 6.61 Å². The summed E-state index contributed by atoms with van der Waals surface area (Å²) >= 11 is 0. The lowest BCUT2D eigenvalue weighted by Gasteiger charge is -2.08. The quantitative estimate of drug-likeness (QED) is 0.534. The fraction of sp³-hybridized carbons (Fsp3) is 0.273. The molecule has 73 valence electrons. The van der Waals surface area contributed by atoms with Gasteiger partial charge in [-0.2, -0.15) is 0 Å². The van der Waals surface area contributed by atoms with E-state index in [1.54, 1.807) is 37.5 Å². The Bertz CT molecular complexity index is 306. The molecule has 0 saturated carbocycles. The van der Waals surface area contributed by atoms with Crippen molar-refractivity contribution in [2.45, 2.75) is 12.8 Å². The van der Waals surface area contributed by atoms with Gasteiger partial charge < -0.3 is 4.74 Å². The van der Waals surface area contributed by atoms with Crippen molar-refractivity contribution in [3.05, 3.63) is 35.9 Å².